The van der Waals surface area contributed by atoms with E-state index in [1.54, 1.807) is 6.20 Å². The van der Waals surface area contributed by atoms with E-state index in [1.807, 2.05) is 44.1 Å². The van der Waals surface area contributed by atoms with Crippen LogP contribution in [0.5, 0.6) is 0 Å². The van der Waals surface area contributed by atoms with E-state index < -0.39 is 0 Å². The van der Waals surface area contributed by atoms with Crippen LogP contribution < -0.4 is 4.90 Å². The predicted octanol–water partition coefficient (Wildman–Crippen LogP) is 3.31. The fourth-order valence-corrected chi connectivity index (χ4v) is 1.99. The first kappa shape index (κ1) is 14.5. The van der Waals surface area contributed by atoms with Gasteiger partial charge in [-0.1, -0.05) is 24.3 Å². The minimum Gasteiger partial charge on any atom is -0.374 e. The van der Waals surface area contributed by atoms with Gasteiger partial charge < -0.3 is 9.64 Å². The number of rotatable bonds is 5. The van der Waals surface area contributed by atoms with Crippen molar-refractivity contribution < 1.29 is 4.74 Å². The Labute approximate surface area is 120 Å². The van der Waals surface area contributed by atoms with Crippen LogP contribution in [0.1, 0.15) is 25.5 Å². The van der Waals surface area contributed by atoms with Crippen molar-refractivity contribution >= 4 is 5.82 Å². The Morgan fingerprint density at radius 1 is 1.15 bits per heavy atom. The quantitative estimate of drug-likeness (QED) is 0.836. The van der Waals surface area contributed by atoms with E-state index in [0.717, 1.165) is 23.8 Å². The lowest BCUT2D eigenvalue weighted by atomic mass is 10.1. The normalized spacial score (nSPS) is 12.2. The molecule has 1 aromatic carbocycles. The van der Waals surface area contributed by atoms with Crippen LogP contribution in [0, 0.1) is 0 Å². The van der Waals surface area contributed by atoms with Crippen LogP contribution in [-0.4, -0.2) is 30.7 Å². The Morgan fingerprint density at radius 3 is 2.45 bits per heavy atom. The molecule has 1 heterocycles. The Bertz CT molecular complexity index is 552. The van der Waals surface area contributed by atoms with Gasteiger partial charge in [-0.3, -0.25) is 0 Å². The number of anilines is 1. The van der Waals surface area contributed by atoms with Gasteiger partial charge in [0.1, 0.15) is 5.82 Å². The van der Waals surface area contributed by atoms with Gasteiger partial charge in [0, 0.05) is 32.5 Å². The summed E-state index contributed by atoms with van der Waals surface area (Å²) in [5.41, 5.74) is 2.18. The molecular formula is C16H21N3O. The second kappa shape index (κ2) is 6.48. The summed E-state index contributed by atoms with van der Waals surface area (Å²) in [6.07, 6.45) is 1.90. The molecule has 4 heteroatoms. The Hall–Kier alpha value is -1.94. The van der Waals surface area contributed by atoms with Gasteiger partial charge in [0.25, 0.3) is 0 Å². The lowest BCUT2D eigenvalue weighted by molar-refractivity contribution is 0.0764. The van der Waals surface area contributed by atoms with Gasteiger partial charge in [-0.25, -0.2) is 9.97 Å². The molecule has 0 amide bonds. The first-order chi connectivity index (χ1) is 9.61. The van der Waals surface area contributed by atoms with Crippen LogP contribution in [0.15, 0.2) is 36.5 Å². The zero-order chi connectivity index (χ0) is 14.5. The first-order valence-electron chi connectivity index (χ1n) is 6.84. The molecule has 0 saturated heterocycles. The number of nitrogens with zero attached hydrogens (tertiary/aromatic N) is 3. The highest BCUT2D eigenvalue weighted by Crippen LogP contribution is 2.22. The molecule has 0 bridgehead atoms. The molecule has 0 radical (unpaired) electrons. The van der Waals surface area contributed by atoms with Crippen molar-refractivity contribution in [2.24, 2.45) is 0 Å². The van der Waals surface area contributed by atoms with Gasteiger partial charge in [0.15, 0.2) is 5.82 Å². The molecule has 4 nitrogen and oxygen atoms in total. The van der Waals surface area contributed by atoms with E-state index >= 15 is 0 Å². The minimum absolute atomic E-state index is 0.114. The van der Waals surface area contributed by atoms with Crippen molar-refractivity contribution in [1.82, 2.24) is 9.97 Å². The smallest absolute Gasteiger partial charge is 0.161 e. The first-order valence-corrected chi connectivity index (χ1v) is 6.84. The summed E-state index contributed by atoms with van der Waals surface area (Å²) >= 11 is 0. The zero-order valence-corrected chi connectivity index (χ0v) is 12.5. The topological polar surface area (TPSA) is 38.2 Å². The molecular weight excluding hydrogens is 250 g/mol. The minimum atomic E-state index is 0.114. The second-order valence-corrected chi connectivity index (χ2v) is 4.85. The third-order valence-corrected chi connectivity index (χ3v) is 3.15. The van der Waals surface area contributed by atoms with Crippen molar-refractivity contribution in [2.75, 3.05) is 25.6 Å². The van der Waals surface area contributed by atoms with Gasteiger partial charge in [-0.15, -0.1) is 0 Å². The van der Waals surface area contributed by atoms with Crippen LogP contribution in [0.2, 0.25) is 0 Å². The van der Waals surface area contributed by atoms with Gasteiger partial charge in [0.2, 0.25) is 0 Å². The standard InChI is InChI=1S/C16H21N3O/c1-5-20-12(2)13-6-8-14(9-7-13)16-17-11-10-15(18-16)19(3)4/h6-12H,5H2,1-4H3. The molecule has 0 saturated carbocycles. The van der Waals surface area contributed by atoms with Crippen LogP contribution in [0.4, 0.5) is 5.82 Å². The van der Waals surface area contributed by atoms with Crippen LogP contribution in [0.25, 0.3) is 11.4 Å². The summed E-state index contributed by atoms with van der Waals surface area (Å²) in [6.45, 7) is 4.78. The molecule has 0 N–H and O–H groups in total. The maximum Gasteiger partial charge on any atom is 0.161 e. The molecule has 1 aromatic heterocycles. The zero-order valence-electron chi connectivity index (χ0n) is 12.5. The number of hydrogen-bond acceptors (Lipinski definition) is 4. The predicted molar refractivity (Wildman–Crippen MR) is 81.8 cm³/mol. The number of ether oxygens (including phenoxy) is 1. The maximum atomic E-state index is 5.59. The molecule has 0 aliphatic carbocycles. The number of hydrogen-bond donors (Lipinski definition) is 0. The molecule has 106 valence electrons. The third-order valence-electron chi connectivity index (χ3n) is 3.15. The van der Waals surface area contributed by atoms with E-state index in [9.17, 15) is 0 Å². The molecule has 1 unspecified atom stereocenters. The van der Waals surface area contributed by atoms with Crippen molar-refractivity contribution in [3.8, 4) is 11.4 Å². The van der Waals surface area contributed by atoms with Crippen molar-refractivity contribution in [1.29, 1.82) is 0 Å². The van der Waals surface area contributed by atoms with Crippen LogP contribution >= 0.6 is 0 Å². The van der Waals surface area contributed by atoms with Crippen LogP contribution in [0.3, 0.4) is 0 Å². The maximum absolute atomic E-state index is 5.59. The van der Waals surface area contributed by atoms with Gasteiger partial charge in [-0.2, -0.15) is 0 Å². The van der Waals surface area contributed by atoms with E-state index in [2.05, 4.69) is 29.0 Å². The van der Waals surface area contributed by atoms with Gasteiger partial charge >= 0.3 is 0 Å². The number of aromatic nitrogens is 2. The Kier molecular flexibility index (Phi) is 4.69. The molecule has 20 heavy (non-hydrogen) atoms. The molecule has 2 rings (SSSR count). The third kappa shape index (κ3) is 3.33. The summed E-state index contributed by atoms with van der Waals surface area (Å²) in [6, 6.07) is 10.1. The van der Waals surface area contributed by atoms with Crippen molar-refractivity contribution in [3.63, 3.8) is 0 Å². The molecule has 0 fully saturated rings. The molecule has 0 aliphatic heterocycles. The average Bonchev–Trinajstić information content (AvgIpc) is 2.48. The van der Waals surface area contributed by atoms with E-state index in [-0.39, 0.29) is 6.10 Å². The SMILES string of the molecule is CCOC(C)c1ccc(-c2nccc(N(C)C)n2)cc1. The fraction of sp³-hybridized carbons (Fsp3) is 0.375. The molecule has 0 aliphatic rings. The van der Waals surface area contributed by atoms with E-state index in [4.69, 9.17) is 4.74 Å². The van der Waals surface area contributed by atoms with Crippen LogP contribution in [-0.2, 0) is 4.74 Å². The summed E-state index contributed by atoms with van der Waals surface area (Å²) in [5.74, 6) is 1.65. The Balaban J connectivity index is 2.23. The molecule has 1 atom stereocenters. The summed E-state index contributed by atoms with van der Waals surface area (Å²) < 4.78 is 5.59. The lowest BCUT2D eigenvalue weighted by Gasteiger charge is -2.13. The highest BCUT2D eigenvalue weighted by atomic mass is 16.5. The highest BCUT2D eigenvalue weighted by Gasteiger charge is 2.07. The Morgan fingerprint density at radius 2 is 1.85 bits per heavy atom. The van der Waals surface area contributed by atoms with Gasteiger partial charge in [0.05, 0.1) is 6.10 Å². The lowest BCUT2D eigenvalue weighted by Crippen LogP contribution is -2.11. The van der Waals surface area contributed by atoms with Crippen molar-refractivity contribution in [2.45, 2.75) is 20.0 Å². The van der Waals surface area contributed by atoms with Crippen molar-refractivity contribution in [3.05, 3.63) is 42.1 Å². The average molecular weight is 271 g/mol. The van der Waals surface area contributed by atoms with E-state index in [1.165, 1.54) is 5.56 Å². The summed E-state index contributed by atoms with van der Waals surface area (Å²) in [5, 5.41) is 0. The second-order valence-electron chi connectivity index (χ2n) is 4.85. The van der Waals surface area contributed by atoms with Gasteiger partial charge in [-0.05, 0) is 25.5 Å². The van der Waals surface area contributed by atoms with E-state index in [0.29, 0.717) is 0 Å². The number of benzene rings is 1. The molecule has 2 aromatic rings. The monoisotopic (exact) mass is 271 g/mol. The summed E-state index contributed by atoms with van der Waals surface area (Å²) in [4.78, 5) is 10.8. The highest BCUT2D eigenvalue weighted by molar-refractivity contribution is 5.57. The fourth-order valence-electron chi connectivity index (χ4n) is 1.99. The summed E-state index contributed by atoms with van der Waals surface area (Å²) in [7, 11) is 3.94. The molecule has 0 spiro atoms. The largest absolute Gasteiger partial charge is 0.374 e.